The van der Waals surface area contributed by atoms with Crippen LogP contribution in [-0.4, -0.2) is 14.1 Å². The van der Waals surface area contributed by atoms with Gasteiger partial charge in [-0.05, 0) is 66.6 Å². The van der Waals surface area contributed by atoms with Gasteiger partial charge in [0, 0.05) is 50.0 Å². The van der Waals surface area contributed by atoms with E-state index in [9.17, 15) is 0 Å². The highest BCUT2D eigenvalue weighted by Gasteiger charge is 2.21. The van der Waals surface area contributed by atoms with Crippen LogP contribution in [0.2, 0.25) is 0 Å². The molecule has 1 aliphatic rings. The molecule has 0 radical (unpaired) electrons. The van der Waals surface area contributed by atoms with Gasteiger partial charge in [0.15, 0.2) is 0 Å². The highest BCUT2D eigenvalue weighted by Crippen LogP contribution is 2.41. The van der Waals surface area contributed by atoms with Crippen LogP contribution >= 0.6 is 0 Å². The molecular formula is C47H33N3. The van der Waals surface area contributed by atoms with E-state index in [0.29, 0.717) is 0 Å². The molecule has 9 aromatic rings. The minimum absolute atomic E-state index is 0.208. The summed E-state index contributed by atoms with van der Waals surface area (Å²) in [6.45, 7) is 0. The zero-order valence-corrected chi connectivity index (χ0v) is 27.4. The van der Waals surface area contributed by atoms with Gasteiger partial charge in [0.05, 0.1) is 33.4 Å². The van der Waals surface area contributed by atoms with E-state index in [1.165, 1.54) is 43.6 Å². The van der Waals surface area contributed by atoms with E-state index in [2.05, 4.69) is 191 Å². The standard InChI is InChI=1S/C47H33N3/c1-3-15-32(16-4-1)41-29-34(30-42(48-41)33-17-5-2-6-18-33)40-31-35(49-43-23-11-7-19-36(43)37-20-8-12-24-44(37)49)27-28-47(40)50-45-25-13-9-21-38(45)39-22-10-14-26-46(39)50/h1-17,19-31,33H,18H2. The van der Waals surface area contributed by atoms with Gasteiger partial charge in [0.25, 0.3) is 0 Å². The Morgan fingerprint density at radius 1 is 0.480 bits per heavy atom. The molecule has 50 heavy (non-hydrogen) atoms. The van der Waals surface area contributed by atoms with E-state index in [0.717, 1.165) is 45.9 Å². The Morgan fingerprint density at radius 2 is 1.04 bits per heavy atom. The van der Waals surface area contributed by atoms with Gasteiger partial charge < -0.3 is 9.13 Å². The maximum Gasteiger partial charge on any atom is 0.0711 e. The summed E-state index contributed by atoms with van der Waals surface area (Å²) < 4.78 is 4.86. The van der Waals surface area contributed by atoms with Gasteiger partial charge in [-0.15, -0.1) is 0 Å². The molecule has 0 spiro atoms. The molecule has 10 rings (SSSR count). The van der Waals surface area contributed by atoms with Gasteiger partial charge in [0.1, 0.15) is 0 Å². The molecule has 0 amide bonds. The lowest BCUT2D eigenvalue weighted by atomic mass is 9.92. The van der Waals surface area contributed by atoms with Gasteiger partial charge in [-0.3, -0.25) is 4.98 Å². The van der Waals surface area contributed by atoms with Crippen molar-refractivity contribution in [3.8, 4) is 33.8 Å². The van der Waals surface area contributed by atoms with E-state index >= 15 is 0 Å². The highest BCUT2D eigenvalue weighted by atomic mass is 15.0. The first-order chi connectivity index (χ1) is 24.8. The lowest BCUT2D eigenvalue weighted by Crippen LogP contribution is -2.04. The number of hydrogen-bond donors (Lipinski definition) is 0. The molecule has 1 unspecified atom stereocenters. The van der Waals surface area contributed by atoms with Crippen molar-refractivity contribution >= 4 is 43.6 Å². The molecule has 1 atom stereocenters. The zero-order valence-electron chi connectivity index (χ0n) is 27.4. The molecule has 0 fully saturated rings. The average molecular weight is 640 g/mol. The van der Waals surface area contributed by atoms with Crippen LogP contribution in [0, 0.1) is 0 Å². The van der Waals surface area contributed by atoms with E-state index in [-0.39, 0.29) is 5.92 Å². The van der Waals surface area contributed by atoms with Crippen molar-refractivity contribution in [2.75, 3.05) is 0 Å². The number of rotatable bonds is 5. The number of pyridine rings is 1. The molecule has 0 saturated carbocycles. The van der Waals surface area contributed by atoms with Crippen molar-refractivity contribution < 1.29 is 0 Å². The summed E-state index contributed by atoms with van der Waals surface area (Å²) in [6, 6.07) is 57.2. The van der Waals surface area contributed by atoms with E-state index in [1.807, 2.05) is 0 Å². The Morgan fingerprint density at radius 3 is 1.62 bits per heavy atom. The highest BCUT2D eigenvalue weighted by molar-refractivity contribution is 6.11. The van der Waals surface area contributed by atoms with Gasteiger partial charge >= 0.3 is 0 Å². The molecule has 3 heteroatoms. The second-order valence-corrected chi connectivity index (χ2v) is 13.1. The molecule has 236 valence electrons. The fourth-order valence-electron chi connectivity index (χ4n) is 7.93. The Balaban J connectivity index is 1.31. The number of fused-ring (bicyclic) bond motifs is 6. The van der Waals surface area contributed by atoms with Crippen molar-refractivity contribution in [3.05, 3.63) is 188 Å². The Labute approximate surface area is 290 Å². The fourth-order valence-corrected chi connectivity index (χ4v) is 7.93. The van der Waals surface area contributed by atoms with Crippen LogP contribution in [0.5, 0.6) is 0 Å². The fraction of sp³-hybridized carbons (Fsp3) is 0.0426. The van der Waals surface area contributed by atoms with Crippen molar-refractivity contribution in [1.82, 2.24) is 14.1 Å². The monoisotopic (exact) mass is 639 g/mol. The molecule has 0 bridgehead atoms. The van der Waals surface area contributed by atoms with Crippen LogP contribution in [0.1, 0.15) is 18.0 Å². The van der Waals surface area contributed by atoms with Gasteiger partial charge in [-0.2, -0.15) is 0 Å². The number of nitrogens with zero attached hydrogens (tertiary/aromatic N) is 3. The summed E-state index contributed by atoms with van der Waals surface area (Å²) in [5.41, 5.74) is 12.5. The van der Waals surface area contributed by atoms with Crippen LogP contribution in [0.15, 0.2) is 182 Å². The lowest BCUT2D eigenvalue weighted by Gasteiger charge is -2.20. The molecule has 6 aromatic carbocycles. The van der Waals surface area contributed by atoms with E-state index in [4.69, 9.17) is 4.98 Å². The van der Waals surface area contributed by atoms with Crippen molar-refractivity contribution in [3.63, 3.8) is 0 Å². The molecule has 0 saturated heterocycles. The largest absolute Gasteiger partial charge is 0.309 e. The molecule has 3 aromatic heterocycles. The van der Waals surface area contributed by atoms with Crippen molar-refractivity contribution in [2.45, 2.75) is 12.3 Å². The first-order valence-corrected chi connectivity index (χ1v) is 17.3. The smallest absolute Gasteiger partial charge is 0.0711 e. The van der Waals surface area contributed by atoms with Gasteiger partial charge in [0.2, 0.25) is 0 Å². The summed E-state index contributed by atoms with van der Waals surface area (Å²) in [5.74, 6) is 0.208. The van der Waals surface area contributed by atoms with Crippen molar-refractivity contribution in [2.24, 2.45) is 0 Å². The average Bonchev–Trinajstić information content (AvgIpc) is 3.71. The van der Waals surface area contributed by atoms with Gasteiger partial charge in [-0.1, -0.05) is 127 Å². The minimum Gasteiger partial charge on any atom is -0.309 e. The third kappa shape index (κ3) is 4.55. The van der Waals surface area contributed by atoms with Crippen LogP contribution in [0.3, 0.4) is 0 Å². The predicted molar refractivity (Wildman–Crippen MR) is 209 cm³/mol. The van der Waals surface area contributed by atoms with E-state index in [1.54, 1.807) is 0 Å². The number of allylic oxidation sites excluding steroid dienone is 4. The third-order valence-electron chi connectivity index (χ3n) is 10.2. The number of aromatic nitrogens is 3. The van der Waals surface area contributed by atoms with Crippen LogP contribution in [0.25, 0.3) is 77.4 Å². The summed E-state index contributed by atoms with van der Waals surface area (Å²) in [4.78, 5) is 5.30. The van der Waals surface area contributed by atoms with Crippen LogP contribution in [-0.2, 0) is 0 Å². The Bertz CT molecular complexity index is 2690. The van der Waals surface area contributed by atoms with E-state index < -0.39 is 0 Å². The third-order valence-corrected chi connectivity index (χ3v) is 10.2. The van der Waals surface area contributed by atoms with Crippen LogP contribution < -0.4 is 0 Å². The molecule has 3 heterocycles. The SMILES string of the molecule is C1=CCC(c2cc(-c3cc(-n4c5ccccc5c5ccccc54)ccc3-n3c4ccccc4c4ccccc43)cc(-c3ccccc3)n2)C=C1. The topological polar surface area (TPSA) is 22.8 Å². The Kier molecular flexibility index (Phi) is 6.63. The molecular weight excluding hydrogens is 607 g/mol. The second-order valence-electron chi connectivity index (χ2n) is 13.1. The molecule has 3 nitrogen and oxygen atoms in total. The molecule has 1 aliphatic carbocycles. The number of hydrogen-bond acceptors (Lipinski definition) is 1. The maximum absolute atomic E-state index is 5.30. The summed E-state index contributed by atoms with van der Waals surface area (Å²) in [6.07, 6.45) is 9.74. The summed E-state index contributed by atoms with van der Waals surface area (Å²) in [7, 11) is 0. The Hall–Kier alpha value is -6.45. The summed E-state index contributed by atoms with van der Waals surface area (Å²) in [5, 5.41) is 5.01. The first kappa shape index (κ1) is 28.6. The number of benzene rings is 6. The lowest BCUT2D eigenvalue weighted by molar-refractivity contribution is 0.818. The summed E-state index contributed by atoms with van der Waals surface area (Å²) >= 11 is 0. The first-order valence-electron chi connectivity index (χ1n) is 17.3. The van der Waals surface area contributed by atoms with Crippen LogP contribution in [0.4, 0.5) is 0 Å². The number of para-hydroxylation sites is 4. The normalized spacial score (nSPS) is 14.4. The minimum atomic E-state index is 0.208. The predicted octanol–water partition coefficient (Wildman–Crippen LogP) is 12.2. The second kappa shape index (κ2) is 11.6. The quantitative estimate of drug-likeness (QED) is 0.184. The van der Waals surface area contributed by atoms with Crippen molar-refractivity contribution in [1.29, 1.82) is 0 Å². The van der Waals surface area contributed by atoms with Gasteiger partial charge in [-0.25, -0.2) is 0 Å². The molecule has 0 N–H and O–H groups in total. The molecule has 0 aliphatic heterocycles. The maximum atomic E-state index is 5.30. The zero-order chi connectivity index (χ0) is 33.0.